The molecule has 9 heteroatoms. The first-order valence-electron chi connectivity index (χ1n) is 8.70. The monoisotopic (exact) mass is 380 g/mol. The second kappa shape index (κ2) is 11.0. The van der Waals surface area contributed by atoms with E-state index in [9.17, 15) is 0 Å². The Balaban J connectivity index is 2.26. The highest BCUT2D eigenvalue weighted by Crippen LogP contribution is 2.27. The van der Waals surface area contributed by atoms with Crippen molar-refractivity contribution in [1.29, 1.82) is 0 Å². The first kappa shape index (κ1) is 22.2. The van der Waals surface area contributed by atoms with Crippen LogP contribution in [0.4, 0.5) is 0 Å². The van der Waals surface area contributed by atoms with E-state index >= 15 is 0 Å². The highest BCUT2D eigenvalue weighted by Gasteiger charge is 2.46. The minimum absolute atomic E-state index is 0.844. The summed E-state index contributed by atoms with van der Waals surface area (Å²) in [6.07, 6.45) is 3.32. The van der Waals surface area contributed by atoms with Crippen LogP contribution in [0.2, 0.25) is 12.1 Å². The summed E-state index contributed by atoms with van der Waals surface area (Å²) < 4.78 is 30.3. The van der Waals surface area contributed by atoms with Gasteiger partial charge >= 0.3 is 17.5 Å². The first-order chi connectivity index (χ1) is 11.5. The van der Waals surface area contributed by atoms with E-state index in [1.165, 1.54) is 6.42 Å². The summed E-state index contributed by atoms with van der Waals surface area (Å²) in [6.45, 7) is 4.23. The van der Waals surface area contributed by atoms with Crippen LogP contribution in [0, 0.1) is 0 Å². The first-order valence-corrected chi connectivity index (χ1v) is 12.6. The highest BCUT2D eigenvalue weighted by molar-refractivity contribution is 6.65. The summed E-state index contributed by atoms with van der Waals surface area (Å²) in [5.74, 6) is 0. The molecule has 0 N–H and O–H groups in total. The van der Waals surface area contributed by atoms with E-state index in [2.05, 4.69) is 16.5 Å². The standard InChI is InChI=1S/C15H36N2O5Si2/c1-16(11-8-15-24(20-4,21-5)22-6)10-7-12-17-13-9-14-23(17,18-2)19-3/h7-15H2,1-6H3. The number of hydrogen-bond acceptors (Lipinski definition) is 7. The zero-order valence-electron chi connectivity index (χ0n) is 16.3. The average molecular weight is 381 g/mol. The van der Waals surface area contributed by atoms with Crippen molar-refractivity contribution in [2.24, 2.45) is 0 Å². The molecule has 0 aromatic heterocycles. The lowest BCUT2D eigenvalue weighted by Crippen LogP contribution is -2.53. The Morgan fingerprint density at radius 1 is 0.958 bits per heavy atom. The fourth-order valence-corrected chi connectivity index (χ4v) is 8.13. The van der Waals surface area contributed by atoms with E-state index in [1.807, 2.05) is 0 Å². The number of nitrogens with zero attached hydrogens (tertiary/aromatic N) is 2. The molecule has 1 aliphatic rings. The quantitative estimate of drug-likeness (QED) is 0.449. The van der Waals surface area contributed by atoms with Crippen molar-refractivity contribution < 1.29 is 22.1 Å². The zero-order chi connectivity index (χ0) is 18.1. The maximum absolute atomic E-state index is 5.75. The summed E-state index contributed by atoms with van der Waals surface area (Å²) >= 11 is 0. The lowest BCUT2D eigenvalue weighted by Gasteiger charge is -2.32. The van der Waals surface area contributed by atoms with E-state index in [1.54, 1.807) is 35.5 Å². The van der Waals surface area contributed by atoms with Crippen LogP contribution in [0.3, 0.4) is 0 Å². The van der Waals surface area contributed by atoms with Gasteiger partial charge in [0.2, 0.25) is 0 Å². The average Bonchev–Trinajstić information content (AvgIpc) is 3.02. The second-order valence-electron chi connectivity index (χ2n) is 6.27. The third kappa shape index (κ3) is 5.85. The van der Waals surface area contributed by atoms with Crippen LogP contribution in [0.5, 0.6) is 0 Å². The minimum Gasteiger partial charge on any atom is -0.386 e. The largest absolute Gasteiger partial charge is 0.500 e. The molecule has 0 radical (unpaired) electrons. The Labute approximate surface area is 149 Å². The molecule has 0 aromatic rings. The van der Waals surface area contributed by atoms with Crippen LogP contribution in [0.15, 0.2) is 0 Å². The molecule has 0 amide bonds. The molecule has 1 fully saturated rings. The van der Waals surface area contributed by atoms with Gasteiger partial charge < -0.3 is 27.0 Å². The Morgan fingerprint density at radius 3 is 2.08 bits per heavy atom. The Bertz CT molecular complexity index is 336. The molecule has 7 nitrogen and oxygen atoms in total. The zero-order valence-corrected chi connectivity index (χ0v) is 18.3. The fraction of sp³-hybridized carbons (Fsp3) is 1.00. The fourth-order valence-electron chi connectivity index (χ4n) is 3.41. The van der Waals surface area contributed by atoms with E-state index in [0.717, 1.165) is 51.1 Å². The highest BCUT2D eigenvalue weighted by atomic mass is 28.4. The van der Waals surface area contributed by atoms with Gasteiger partial charge in [-0.2, -0.15) is 0 Å². The van der Waals surface area contributed by atoms with Crippen molar-refractivity contribution in [3.63, 3.8) is 0 Å². The maximum atomic E-state index is 5.75. The van der Waals surface area contributed by atoms with Crippen LogP contribution in [0.25, 0.3) is 0 Å². The van der Waals surface area contributed by atoms with Crippen molar-refractivity contribution in [3.05, 3.63) is 0 Å². The molecular weight excluding hydrogens is 344 g/mol. The Hall–Kier alpha value is 0.154. The van der Waals surface area contributed by atoms with Crippen molar-refractivity contribution in [3.8, 4) is 0 Å². The molecule has 0 aromatic carbocycles. The van der Waals surface area contributed by atoms with Gasteiger partial charge in [-0.25, -0.2) is 0 Å². The van der Waals surface area contributed by atoms with Gasteiger partial charge in [0.25, 0.3) is 0 Å². The van der Waals surface area contributed by atoms with Gasteiger partial charge in [-0.05, 0) is 52.5 Å². The van der Waals surface area contributed by atoms with Gasteiger partial charge in [0.1, 0.15) is 0 Å². The summed E-state index contributed by atoms with van der Waals surface area (Å²) in [6, 6.07) is 1.92. The molecule has 0 bridgehead atoms. The molecule has 0 atom stereocenters. The SMILES string of the molecule is CO[Si](CCCN(C)CCCN1CCC[Si]1(OC)OC)(OC)OC. The van der Waals surface area contributed by atoms with Crippen LogP contribution >= 0.6 is 0 Å². The topological polar surface area (TPSA) is 52.6 Å². The van der Waals surface area contributed by atoms with Crippen LogP contribution in [0.1, 0.15) is 19.3 Å². The molecule has 144 valence electrons. The summed E-state index contributed by atoms with van der Waals surface area (Å²) in [5.41, 5.74) is 0. The lowest BCUT2D eigenvalue weighted by molar-refractivity contribution is 0.121. The third-order valence-electron chi connectivity index (χ3n) is 4.96. The minimum atomic E-state index is -2.43. The smallest absolute Gasteiger partial charge is 0.386 e. The third-order valence-corrected chi connectivity index (χ3v) is 11.5. The van der Waals surface area contributed by atoms with Gasteiger partial charge in [-0.15, -0.1) is 0 Å². The van der Waals surface area contributed by atoms with Crippen molar-refractivity contribution in [1.82, 2.24) is 9.47 Å². The maximum Gasteiger partial charge on any atom is 0.500 e. The Kier molecular flexibility index (Phi) is 10.2. The molecular formula is C15H36N2O5Si2. The molecule has 0 spiro atoms. The molecule has 1 aliphatic heterocycles. The molecule has 1 saturated heterocycles. The molecule has 1 heterocycles. The van der Waals surface area contributed by atoms with E-state index < -0.39 is 17.5 Å². The van der Waals surface area contributed by atoms with Gasteiger partial charge in [-0.1, -0.05) is 0 Å². The predicted molar refractivity (Wildman–Crippen MR) is 99.1 cm³/mol. The van der Waals surface area contributed by atoms with E-state index in [-0.39, 0.29) is 0 Å². The normalized spacial score (nSPS) is 18.6. The van der Waals surface area contributed by atoms with Crippen molar-refractivity contribution in [2.45, 2.75) is 31.4 Å². The predicted octanol–water partition coefficient (Wildman–Crippen LogP) is 1.51. The van der Waals surface area contributed by atoms with Crippen molar-refractivity contribution in [2.75, 3.05) is 68.8 Å². The van der Waals surface area contributed by atoms with Crippen LogP contribution in [-0.2, 0) is 22.1 Å². The summed E-state index contributed by atoms with van der Waals surface area (Å²) in [4.78, 5) is 2.36. The van der Waals surface area contributed by atoms with Crippen molar-refractivity contribution >= 4 is 17.5 Å². The molecule has 0 saturated carbocycles. The van der Waals surface area contributed by atoms with E-state index in [0.29, 0.717) is 0 Å². The molecule has 0 unspecified atom stereocenters. The molecule has 1 rings (SSSR count). The second-order valence-corrected chi connectivity index (χ2v) is 12.7. The van der Waals surface area contributed by atoms with E-state index in [4.69, 9.17) is 22.1 Å². The van der Waals surface area contributed by atoms with Gasteiger partial charge in [0, 0.05) is 47.6 Å². The number of rotatable bonds is 13. The molecule has 0 aliphatic carbocycles. The van der Waals surface area contributed by atoms with Gasteiger partial charge in [0.05, 0.1) is 0 Å². The van der Waals surface area contributed by atoms with Gasteiger partial charge in [0.15, 0.2) is 0 Å². The number of hydrogen-bond donors (Lipinski definition) is 0. The summed E-state index contributed by atoms with van der Waals surface area (Å²) in [5, 5.41) is 0. The van der Waals surface area contributed by atoms with Crippen LogP contribution < -0.4 is 0 Å². The molecule has 24 heavy (non-hydrogen) atoms. The van der Waals surface area contributed by atoms with Crippen LogP contribution in [-0.4, -0.2) is 95.8 Å². The van der Waals surface area contributed by atoms with Gasteiger partial charge in [-0.3, -0.25) is 4.57 Å². The summed E-state index contributed by atoms with van der Waals surface area (Å²) in [7, 11) is 6.24. The lowest BCUT2D eigenvalue weighted by atomic mass is 10.3. The Morgan fingerprint density at radius 2 is 1.54 bits per heavy atom.